The van der Waals surface area contributed by atoms with E-state index in [4.69, 9.17) is 5.73 Å². The van der Waals surface area contributed by atoms with Gasteiger partial charge in [0.05, 0.1) is 0 Å². The highest BCUT2D eigenvalue weighted by Crippen LogP contribution is 2.61. The van der Waals surface area contributed by atoms with Gasteiger partial charge in [-0.05, 0) is 87.5 Å². The van der Waals surface area contributed by atoms with Crippen LogP contribution in [-0.2, 0) is 6.42 Å². The number of nitrogens with zero attached hydrogens (tertiary/aromatic N) is 2. The summed E-state index contributed by atoms with van der Waals surface area (Å²) >= 11 is 0. The van der Waals surface area contributed by atoms with Gasteiger partial charge in [0.2, 0.25) is 5.95 Å². The molecule has 4 aliphatic carbocycles. The minimum atomic E-state index is 0.436. The van der Waals surface area contributed by atoms with Gasteiger partial charge >= 0.3 is 0 Å². The Morgan fingerprint density at radius 3 is 2.25 bits per heavy atom. The van der Waals surface area contributed by atoms with Gasteiger partial charge in [-0.2, -0.15) is 0 Å². The number of hydrogen-bond acceptors (Lipinski definition) is 3. The highest BCUT2D eigenvalue weighted by Gasteiger charge is 2.50. The monoisotopic (exact) mass is 271 g/mol. The minimum absolute atomic E-state index is 0.436. The standard InChI is InChI=1S/C17H25N3/c1-11-4-15(20-16(18)19-11)2-3-17-8-12-5-13(9-17)7-14(6-12)10-17/h4,12-14H,2-3,5-10H2,1H3,(H2,18,19,20). The second kappa shape index (κ2) is 4.44. The highest BCUT2D eigenvalue weighted by atomic mass is 15.0. The van der Waals surface area contributed by atoms with Gasteiger partial charge in [-0.25, -0.2) is 9.97 Å². The first kappa shape index (κ1) is 12.6. The first-order chi connectivity index (χ1) is 9.60. The fourth-order valence-electron chi connectivity index (χ4n) is 5.78. The summed E-state index contributed by atoms with van der Waals surface area (Å²) in [6.07, 6.45) is 11.4. The molecule has 1 heterocycles. The molecule has 0 spiro atoms. The lowest BCUT2D eigenvalue weighted by molar-refractivity contribution is -0.0570. The maximum Gasteiger partial charge on any atom is 0.220 e. The van der Waals surface area contributed by atoms with Crippen molar-refractivity contribution in [1.82, 2.24) is 9.97 Å². The van der Waals surface area contributed by atoms with Gasteiger partial charge in [0.25, 0.3) is 0 Å². The minimum Gasteiger partial charge on any atom is -0.368 e. The summed E-state index contributed by atoms with van der Waals surface area (Å²) in [4.78, 5) is 8.59. The van der Waals surface area contributed by atoms with Gasteiger partial charge in [0, 0.05) is 11.4 Å². The van der Waals surface area contributed by atoms with Crippen LogP contribution in [0.5, 0.6) is 0 Å². The molecule has 20 heavy (non-hydrogen) atoms. The van der Waals surface area contributed by atoms with E-state index >= 15 is 0 Å². The Morgan fingerprint density at radius 1 is 1.10 bits per heavy atom. The van der Waals surface area contributed by atoms with Crippen molar-refractivity contribution in [3.63, 3.8) is 0 Å². The molecule has 3 heteroatoms. The first-order valence-electron chi connectivity index (χ1n) is 8.20. The Hall–Kier alpha value is -1.12. The average molecular weight is 271 g/mol. The molecule has 0 radical (unpaired) electrons. The Kier molecular flexibility index (Phi) is 2.80. The number of hydrogen-bond donors (Lipinski definition) is 1. The molecule has 0 amide bonds. The van der Waals surface area contributed by atoms with E-state index in [0.717, 1.165) is 35.6 Å². The molecule has 0 atom stereocenters. The molecule has 0 aromatic carbocycles. The van der Waals surface area contributed by atoms with Crippen LogP contribution in [0.1, 0.15) is 56.3 Å². The third kappa shape index (κ3) is 2.21. The van der Waals surface area contributed by atoms with E-state index < -0.39 is 0 Å². The van der Waals surface area contributed by atoms with Gasteiger partial charge in [-0.1, -0.05) is 0 Å². The molecule has 108 valence electrons. The predicted octanol–water partition coefficient (Wildman–Crippen LogP) is 3.52. The Morgan fingerprint density at radius 2 is 1.70 bits per heavy atom. The molecule has 3 nitrogen and oxygen atoms in total. The van der Waals surface area contributed by atoms with Gasteiger partial charge < -0.3 is 5.73 Å². The van der Waals surface area contributed by atoms with Gasteiger partial charge in [0.1, 0.15) is 0 Å². The van der Waals surface area contributed by atoms with Crippen LogP contribution in [0.15, 0.2) is 6.07 Å². The third-order valence-electron chi connectivity index (χ3n) is 6.00. The molecule has 1 aromatic rings. The third-order valence-corrected chi connectivity index (χ3v) is 6.00. The van der Waals surface area contributed by atoms with E-state index in [9.17, 15) is 0 Å². The molecule has 1 aromatic heterocycles. The molecule has 4 aliphatic rings. The molecule has 0 saturated heterocycles. The van der Waals surface area contributed by atoms with E-state index in [2.05, 4.69) is 16.0 Å². The second-order valence-electron chi connectivity index (χ2n) is 7.78. The molecule has 4 fully saturated rings. The summed E-state index contributed by atoms with van der Waals surface area (Å²) in [7, 11) is 0. The lowest BCUT2D eigenvalue weighted by Crippen LogP contribution is -2.46. The van der Waals surface area contributed by atoms with Crippen LogP contribution in [0.4, 0.5) is 5.95 Å². The SMILES string of the molecule is Cc1cc(CCC23CC4CC(CC(C4)C2)C3)nc(N)n1. The van der Waals surface area contributed by atoms with Crippen LogP contribution in [0, 0.1) is 30.1 Å². The number of aryl methyl sites for hydroxylation is 2. The van der Waals surface area contributed by atoms with Crippen LogP contribution in [0.2, 0.25) is 0 Å². The number of anilines is 1. The molecular formula is C17H25N3. The largest absolute Gasteiger partial charge is 0.368 e. The maximum absolute atomic E-state index is 5.77. The topological polar surface area (TPSA) is 51.8 Å². The molecule has 4 bridgehead atoms. The predicted molar refractivity (Wildman–Crippen MR) is 80.1 cm³/mol. The number of aromatic nitrogens is 2. The van der Waals surface area contributed by atoms with Crippen molar-refractivity contribution in [2.45, 2.75) is 58.3 Å². The lowest BCUT2D eigenvalue weighted by atomic mass is 9.48. The fraction of sp³-hybridized carbons (Fsp3) is 0.765. The molecule has 0 aliphatic heterocycles. The van der Waals surface area contributed by atoms with Crippen molar-refractivity contribution in [1.29, 1.82) is 0 Å². The Labute approximate surface area is 121 Å². The van der Waals surface area contributed by atoms with E-state index in [1.165, 1.54) is 44.9 Å². The summed E-state index contributed by atoms with van der Waals surface area (Å²) in [5, 5.41) is 0. The molecule has 2 N–H and O–H groups in total. The van der Waals surface area contributed by atoms with Crippen LogP contribution in [-0.4, -0.2) is 9.97 Å². The molecule has 0 unspecified atom stereocenters. The first-order valence-corrected chi connectivity index (χ1v) is 8.20. The zero-order valence-electron chi connectivity index (χ0n) is 12.4. The van der Waals surface area contributed by atoms with Crippen molar-refractivity contribution in [3.8, 4) is 0 Å². The lowest BCUT2D eigenvalue weighted by Gasteiger charge is -2.57. The average Bonchev–Trinajstić information content (AvgIpc) is 2.34. The van der Waals surface area contributed by atoms with E-state index in [1.54, 1.807) is 0 Å². The number of nitrogen functional groups attached to an aromatic ring is 1. The summed E-state index contributed by atoms with van der Waals surface area (Å²) in [5.41, 5.74) is 8.56. The second-order valence-corrected chi connectivity index (χ2v) is 7.78. The number of rotatable bonds is 3. The summed E-state index contributed by atoms with van der Waals surface area (Å²) in [6, 6.07) is 2.11. The van der Waals surface area contributed by atoms with Crippen LogP contribution >= 0.6 is 0 Å². The molecule has 4 saturated carbocycles. The summed E-state index contributed by atoms with van der Waals surface area (Å²) in [5.74, 6) is 3.56. The van der Waals surface area contributed by atoms with Crippen LogP contribution in [0.25, 0.3) is 0 Å². The van der Waals surface area contributed by atoms with E-state index in [0.29, 0.717) is 11.4 Å². The summed E-state index contributed by atoms with van der Waals surface area (Å²) in [6.45, 7) is 2.01. The van der Waals surface area contributed by atoms with Crippen molar-refractivity contribution in [3.05, 3.63) is 17.5 Å². The van der Waals surface area contributed by atoms with Gasteiger partial charge in [-0.3, -0.25) is 0 Å². The maximum atomic E-state index is 5.77. The van der Waals surface area contributed by atoms with E-state index in [1.807, 2.05) is 6.92 Å². The zero-order chi connectivity index (χ0) is 13.7. The Bertz CT molecular complexity index is 467. The molecular weight excluding hydrogens is 246 g/mol. The quantitative estimate of drug-likeness (QED) is 0.915. The normalized spacial score (nSPS) is 38.4. The summed E-state index contributed by atoms with van der Waals surface area (Å²) < 4.78 is 0. The zero-order valence-corrected chi connectivity index (χ0v) is 12.4. The fourth-order valence-corrected chi connectivity index (χ4v) is 5.78. The van der Waals surface area contributed by atoms with Crippen molar-refractivity contribution < 1.29 is 0 Å². The van der Waals surface area contributed by atoms with Gasteiger partial charge in [-0.15, -0.1) is 0 Å². The van der Waals surface area contributed by atoms with Gasteiger partial charge in [0.15, 0.2) is 0 Å². The van der Waals surface area contributed by atoms with Crippen molar-refractivity contribution in [2.75, 3.05) is 5.73 Å². The smallest absolute Gasteiger partial charge is 0.220 e. The Balaban J connectivity index is 1.49. The van der Waals surface area contributed by atoms with E-state index in [-0.39, 0.29) is 0 Å². The van der Waals surface area contributed by atoms with Crippen LogP contribution in [0.3, 0.4) is 0 Å². The van der Waals surface area contributed by atoms with Crippen molar-refractivity contribution >= 4 is 5.95 Å². The van der Waals surface area contributed by atoms with Crippen molar-refractivity contribution in [2.24, 2.45) is 23.2 Å². The highest BCUT2D eigenvalue weighted by molar-refractivity contribution is 5.22. The van der Waals surface area contributed by atoms with Crippen LogP contribution < -0.4 is 5.73 Å². The molecule has 5 rings (SSSR count). The number of nitrogens with two attached hydrogens (primary N) is 1.